The SMILES string of the molecule is COc1cc(C(C)=Nc2ccccc2SSc2ccccc2N=C(C)c2ccc(OCC3CO3)c(OC)c2)ccc1OCC1CO1. The van der Waals surface area contributed by atoms with Gasteiger partial charge in [-0.15, -0.1) is 0 Å². The molecule has 0 aliphatic carbocycles. The molecule has 2 heterocycles. The summed E-state index contributed by atoms with van der Waals surface area (Å²) in [7, 11) is 6.61. The smallest absolute Gasteiger partial charge is 0.161 e. The molecule has 0 bridgehead atoms. The Balaban J connectivity index is 1.16. The number of hydrogen-bond donors (Lipinski definition) is 0. The van der Waals surface area contributed by atoms with Crippen molar-refractivity contribution in [3.05, 3.63) is 96.1 Å². The fourth-order valence-corrected chi connectivity index (χ4v) is 6.77. The topological polar surface area (TPSA) is 86.7 Å². The normalized spacial score (nSPS) is 17.4. The van der Waals surface area contributed by atoms with Gasteiger partial charge in [0.2, 0.25) is 0 Å². The van der Waals surface area contributed by atoms with Crippen LogP contribution in [-0.2, 0) is 9.47 Å². The minimum Gasteiger partial charge on any atom is -0.493 e. The molecule has 0 spiro atoms. The zero-order chi connectivity index (χ0) is 31.9. The van der Waals surface area contributed by atoms with Gasteiger partial charge in [-0.2, -0.15) is 0 Å². The van der Waals surface area contributed by atoms with Crippen LogP contribution in [0.3, 0.4) is 0 Å². The van der Waals surface area contributed by atoms with Crippen LogP contribution in [-0.4, -0.2) is 64.3 Å². The summed E-state index contributed by atoms with van der Waals surface area (Å²) < 4.78 is 33.4. The number of ether oxygens (including phenoxy) is 6. The van der Waals surface area contributed by atoms with E-state index >= 15 is 0 Å². The highest BCUT2D eigenvalue weighted by atomic mass is 33.1. The summed E-state index contributed by atoms with van der Waals surface area (Å²) in [6.45, 7) is 6.55. The maximum atomic E-state index is 5.87. The van der Waals surface area contributed by atoms with E-state index in [1.54, 1.807) is 35.8 Å². The highest BCUT2D eigenvalue weighted by Crippen LogP contribution is 2.45. The first-order chi connectivity index (χ1) is 22.5. The monoisotopic (exact) mass is 656 g/mol. The lowest BCUT2D eigenvalue weighted by Crippen LogP contribution is -2.06. The third-order valence-electron chi connectivity index (χ3n) is 7.35. The summed E-state index contributed by atoms with van der Waals surface area (Å²) in [5, 5.41) is 0. The van der Waals surface area contributed by atoms with Crippen LogP contribution in [0.25, 0.3) is 0 Å². The molecule has 10 heteroatoms. The Morgan fingerprint density at radius 3 is 1.43 bits per heavy atom. The minimum absolute atomic E-state index is 0.178. The first-order valence-corrected chi connectivity index (χ1v) is 17.1. The fourth-order valence-electron chi connectivity index (χ4n) is 4.54. The molecule has 0 radical (unpaired) electrons. The Hall–Kier alpha value is -3.96. The molecule has 238 valence electrons. The molecule has 2 atom stereocenters. The second kappa shape index (κ2) is 15.1. The molecule has 4 aromatic carbocycles. The van der Waals surface area contributed by atoms with Crippen molar-refractivity contribution < 1.29 is 28.4 Å². The van der Waals surface area contributed by atoms with Crippen LogP contribution in [0, 0.1) is 0 Å². The van der Waals surface area contributed by atoms with Gasteiger partial charge < -0.3 is 28.4 Å². The average molecular weight is 657 g/mol. The second-order valence-electron chi connectivity index (χ2n) is 10.8. The van der Waals surface area contributed by atoms with E-state index in [1.165, 1.54) is 0 Å². The van der Waals surface area contributed by atoms with Gasteiger partial charge in [0.1, 0.15) is 25.4 Å². The summed E-state index contributed by atoms with van der Waals surface area (Å²) in [5.74, 6) is 2.74. The Labute approximate surface area is 277 Å². The van der Waals surface area contributed by atoms with E-state index in [-0.39, 0.29) is 12.2 Å². The Bertz CT molecular complexity index is 1610. The fraction of sp³-hybridized carbons (Fsp3) is 0.278. The Morgan fingerprint density at radius 1 is 0.630 bits per heavy atom. The zero-order valence-corrected chi connectivity index (χ0v) is 27.9. The molecule has 8 nitrogen and oxygen atoms in total. The maximum absolute atomic E-state index is 5.87. The number of hydrogen-bond acceptors (Lipinski definition) is 10. The number of aliphatic imine (C=N–C) groups is 2. The molecule has 0 aromatic heterocycles. The van der Waals surface area contributed by atoms with Crippen LogP contribution in [0.15, 0.2) is 105 Å². The van der Waals surface area contributed by atoms with Gasteiger partial charge in [0.15, 0.2) is 23.0 Å². The molecule has 0 N–H and O–H groups in total. The van der Waals surface area contributed by atoms with E-state index in [0.717, 1.165) is 56.9 Å². The predicted molar refractivity (Wildman–Crippen MR) is 185 cm³/mol. The number of rotatable bonds is 15. The maximum Gasteiger partial charge on any atom is 0.161 e. The van der Waals surface area contributed by atoms with Gasteiger partial charge in [0.05, 0.1) is 38.8 Å². The lowest BCUT2D eigenvalue weighted by Gasteiger charge is -2.12. The molecular weight excluding hydrogens is 621 g/mol. The van der Waals surface area contributed by atoms with Gasteiger partial charge in [0.25, 0.3) is 0 Å². The molecule has 0 saturated carbocycles. The number of methoxy groups -OCH3 is 2. The van der Waals surface area contributed by atoms with Crippen molar-refractivity contribution >= 4 is 44.4 Å². The largest absolute Gasteiger partial charge is 0.493 e. The molecule has 2 fully saturated rings. The zero-order valence-electron chi connectivity index (χ0n) is 26.2. The molecule has 2 aliphatic heterocycles. The number of nitrogens with zero attached hydrogens (tertiary/aromatic N) is 2. The number of epoxide rings is 2. The molecule has 46 heavy (non-hydrogen) atoms. The van der Waals surface area contributed by atoms with Crippen LogP contribution in [0.1, 0.15) is 25.0 Å². The van der Waals surface area contributed by atoms with E-state index in [0.29, 0.717) is 36.2 Å². The summed E-state index contributed by atoms with van der Waals surface area (Å²) in [5.41, 5.74) is 5.46. The summed E-state index contributed by atoms with van der Waals surface area (Å²) in [4.78, 5) is 12.1. The lowest BCUT2D eigenvalue weighted by molar-refractivity contribution is 0.252. The van der Waals surface area contributed by atoms with E-state index in [1.807, 2.05) is 86.6 Å². The van der Waals surface area contributed by atoms with Gasteiger partial charge in [0, 0.05) is 21.2 Å². The molecule has 6 rings (SSSR count). The van der Waals surface area contributed by atoms with E-state index in [9.17, 15) is 0 Å². The van der Waals surface area contributed by atoms with Crippen molar-refractivity contribution in [2.24, 2.45) is 9.98 Å². The summed E-state index contributed by atoms with van der Waals surface area (Å²) in [6.07, 6.45) is 0.355. The molecule has 2 aliphatic rings. The van der Waals surface area contributed by atoms with Crippen LogP contribution in [0.4, 0.5) is 11.4 Å². The van der Waals surface area contributed by atoms with E-state index < -0.39 is 0 Å². The van der Waals surface area contributed by atoms with Gasteiger partial charge in [-0.25, -0.2) is 0 Å². The molecule has 0 amide bonds. The van der Waals surface area contributed by atoms with Crippen LogP contribution >= 0.6 is 21.6 Å². The first kappa shape index (κ1) is 32.0. The van der Waals surface area contributed by atoms with Gasteiger partial charge >= 0.3 is 0 Å². The quantitative estimate of drug-likeness (QED) is 0.0717. The van der Waals surface area contributed by atoms with Crippen molar-refractivity contribution in [3.8, 4) is 23.0 Å². The predicted octanol–water partition coefficient (Wildman–Crippen LogP) is 8.34. The van der Waals surface area contributed by atoms with E-state index in [4.69, 9.17) is 38.4 Å². The van der Waals surface area contributed by atoms with Crippen molar-refractivity contribution in [2.75, 3.05) is 40.6 Å². The first-order valence-electron chi connectivity index (χ1n) is 15.0. The van der Waals surface area contributed by atoms with Crippen LogP contribution in [0.2, 0.25) is 0 Å². The van der Waals surface area contributed by atoms with Crippen LogP contribution < -0.4 is 18.9 Å². The lowest BCUT2D eigenvalue weighted by atomic mass is 10.1. The van der Waals surface area contributed by atoms with Crippen molar-refractivity contribution in [3.63, 3.8) is 0 Å². The average Bonchev–Trinajstić information content (AvgIpc) is 4.02. The second-order valence-corrected chi connectivity index (χ2v) is 13.0. The van der Waals surface area contributed by atoms with Gasteiger partial charge in [-0.3, -0.25) is 9.98 Å². The van der Waals surface area contributed by atoms with Crippen molar-refractivity contribution in [1.82, 2.24) is 0 Å². The van der Waals surface area contributed by atoms with Gasteiger partial charge in [-0.05, 0) is 85.6 Å². The highest BCUT2D eigenvalue weighted by Gasteiger charge is 2.24. The minimum atomic E-state index is 0.178. The molecule has 2 saturated heterocycles. The summed E-state index contributed by atoms with van der Waals surface area (Å²) in [6, 6.07) is 28.1. The molecular formula is C36H36N2O6S2. The molecule has 2 unspecified atom stereocenters. The van der Waals surface area contributed by atoms with E-state index in [2.05, 4.69) is 12.1 Å². The van der Waals surface area contributed by atoms with Gasteiger partial charge in [-0.1, -0.05) is 45.9 Å². The summed E-state index contributed by atoms with van der Waals surface area (Å²) >= 11 is 0. The standard InChI is InChI=1S/C36H36N2O6S2/c1-23(25-13-15-31(33(17-25)39-3)43-21-27-19-41-27)37-29-9-5-7-11-35(29)45-46-36-12-8-6-10-30(36)38-24(2)26-14-16-32(34(18-26)40-4)44-22-28-20-42-28/h5-18,27-28H,19-22H2,1-4H3. The van der Waals surface area contributed by atoms with Crippen LogP contribution in [0.5, 0.6) is 23.0 Å². The third-order valence-corrected chi connectivity index (χ3v) is 9.81. The third kappa shape index (κ3) is 8.44. The van der Waals surface area contributed by atoms with Crippen molar-refractivity contribution in [2.45, 2.75) is 35.8 Å². The Morgan fingerprint density at radius 2 is 1.04 bits per heavy atom. The number of para-hydroxylation sites is 2. The number of benzene rings is 4. The van der Waals surface area contributed by atoms with Crippen molar-refractivity contribution in [1.29, 1.82) is 0 Å². The molecule has 4 aromatic rings. The highest BCUT2D eigenvalue weighted by molar-refractivity contribution is 8.76. The Kier molecular flexibility index (Phi) is 10.5.